The normalized spacial score (nSPS) is 27.8. The predicted octanol–water partition coefficient (Wildman–Crippen LogP) is 2.32. The van der Waals surface area contributed by atoms with Crippen molar-refractivity contribution in [1.82, 2.24) is 5.32 Å². The summed E-state index contributed by atoms with van der Waals surface area (Å²) in [6.45, 7) is 5.61. The summed E-state index contributed by atoms with van der Waals surface area (Å²) in [6.07, 6.45) is 2.32. The van der Waals surface area contributed by atoms with Crippen molar-refractivity contribution in [2.24, 2.45) is 5.92 Å². The van der Waals surface area contributed by atoms with Crippen LogP contribution in [0.15, 0.2) is 18.2 Å². The van der Waals surface area contributed by atoms with Gasteiger partial charge in [0.2, 0.25) is 0 Å². The maximum absolute atomic E-state index is 6.22. The summed E-state index contributed by atoms with van der Waals surface area (Å²) in [5.41, 5.74) is 2.69. The molecule has 0 spiro atoms. The smallest absolute Gasteiger partial charge is 0.119 e. The molecule has 0 amide bonds. The SMILES string of the molecule is CCNC1c2cc(OC)ccc2CC1OCC1CCOC1. The van der Waals surface area contributed by atoms with Crippen molar-refractivity contribution in [1.29, 1.82) is 0 Å². The first-order valence-electron chi connectivity index (χ1n) is 7.91. The van der Waals surface area contributed by atoms with E-state index in [9.17, 15) is 0 Å². The second kappa shape index (κ2) is 6.77. The van der Waals surface area contributed by atoms with Crippen molar-refractivity contribution in [3.63, 3.8) is 0 Å². The van der Waals surface area contributed by atoms with Gasteiger partial charge in [0.1, 0.15) is 5.75 Å². The molecule has 0 saturated carbocycles. The molecule has 0 aromatic heterocycles. The van der Waals surface area contributed by atoms with Gasteiger partial charge >= 0.3 is 0 Å². The molecule has 1 heterocycles. The number of fused-ring (bicyclic) bond motifs is 1. The third-order valence-electron chi connectivity index (χ3n) is 4.48. The quantitative estimate of drug-likeness (QED) is 0.873. The standard InChI is InChI=1S/C17H25NO3/c1-3-18-17-15-9-14(19-2)5-4-13(15)8-16(17)21-11-12-6-7-20-10-12/h4-5,9,12,16-18H,3,6-8,10-11H2,1-2H3. The van der Waals surface area contributed by atoms with Crippen molar-refractivity contribution in [3.05, 3.63) is 29.3 Å². The lowest BCUT2D eigenvalue weighted by molar-refractivity contribution is 0.0114. The van der Waals surface area contributed by atoms with Crippen molar-refractivity contribution in [2.45, 2.75) is 31.9 Å². The van der Waals surface area contributed by atoms with Crippen molar-refractivity contribution in [3.8, 4) is 5.75 Å². The minimum absolute atomic E-state index is 0.215. The summed E-state index contributed by atoms with van der Waals surface area (Å²) in [4.78, 5) is 0. The van der Waals surface area contributed by atoms with Crippen LogP contribution in [0.1, 0.15) is 30.5 Å². The molecule has 3 unspecified atom stereocenters. The fraction of sp³-hybridized carbons (Fsp3) is 0.647. The molecule has 1 fully saturated rings. The molecule has 1 aromatic carbocycles. The minimum Gasteiger partial charge on any atom is -0.497 e. The Balaban J connectivity index is 1.69. The number of benzene rings is 1. The molecule has 0 radical (unpaired) electrons. The van der Waals surface area contributed by atoms with E-state index in [-0.39, 0.29) is 12.1 Å². The Morgan fingerprint density at radius 3 is 3.00 bits per heavy atom. The van der Waals surface area contributed by atoms with E-state index in [0.717, 1.165) is 45.0 Å². The molecular formula is C17H25NO3. The van der Waals surface area contributed by atoms with E-state index in [1.807, 2.05) is 6.07 Å². The van der Waals surface area contributed by atoms with Crippen molar-refractivity contribution < 1.29 is 14.2 Å². The van der Waals surface area contributed by atoms with Gasteiger partial charge in [-0.3, -0.25) is 0 Å². The summed E-state index contributed by atoms with van der Waals surface area (Å²) in [7, 11) is 1.72. The molecule has 2 aliphatic rings. The Morgan fingerprint density at radius 1 is 1.38 bits per heavy atom. The average molecular weight is 291 g/mol. The van der Waals surface area contributed by atoms with Gasteiger partial charge in [-0.25, -0.2) is 0 Å². The van der Waals surface area contributed by atoms with Crippen LogP contribution in [0.5, 0.6) is 5.75 Å². The van der Waals surface area contributed by atoms with Gasteiger partial charge in [0, 0.05) is 18.9 Å². The zero-order valence-corrected chi connectivity index (χ0v) is 12.9. The Kier molecular flexibility index (Phi) is 4.78. The number of nitrogens with one attached hydrogen (secondary N) is 1. The zero-order valence-electron chi connectivity index (χ0n) is 12.9. The third kappa shape index (κ3) is 3.23. The van der Waals surface area contributed by atoms with Gasteiger partial charge in [0.05, 0.1) is 32.5 Å². The zero-order chi connectivity index (χ0) is 14.7. The molecule has 1 aliphatic carbocycles. The Labute approximate surface area is 126 Å². The molecule has 3 atom stereocenters. The van der Waals surface area contributed by atoms with Gasteiger partial charge in [0.25, 0.3) is 0 Å². The summed E-state index contributed by atoms with van der Waals surface area (Å²) in [5.74, 6) is 1.48. The van der Waals surface area contributed by atoms with Gasteiger partial charge < -0.3 is 19.5 Å². The molecule has 116 valence electrons. The molecule has 1 N–H and O–H groups in total. The molecule has 1 aliphatic heterocycles. The van der Waals surface area contributed by atoms with Gasteiger partial charge in [-0.2, -0.15) is 0 Å². The van der Waals surface area contributed by atoms with E-state index < -0.39 is 0 Å². The second-order valence-corrected chi connectivity index (χ2v) is 5.91. The molecule has 21 heavy (non-hydrogen) atoms. The van der Waals surface area contributed by atoms with E-state index in [1.165, 1.54) is 11.1 Å². The summed E-state index contributed by atoms with van der Waals surface area (Å²) >= 11 is 0. The number of ether oxygens (including phenoxy) is 3. The first-order valence-corrected chi connectivity index (χ1v) is 7.91. The fourth-order valence-corrected chi connectivity index (χ4v) is 3.30. The average Bonchev–Trinajstić information content (AvgIpc) is 3.13. The Hall–Kier alpha value is -1.10. The monoisotopic (exact) mass is 291 g/mol. The predicted molar refractivity (Wildman–Crippen MR) is 81.8 cm³/mol. The Bertz CT molecular complexity index is 471. The largest absolute Gasteiger partial charge is 0.497 e. The number of methoxy groups -OCH3 is 1. The molecular weight excluding hydrogens is 266 g/mol. The van der Waals surface area contributed by atoms with E-state index in [1.54, 1.807) is 7.11 Å². The third-order valence-corrected chi connectivity index (χ3v) is 4.48. The molecule has 3 rings (SSSR count). The van der Waals surface area contributed by atoms with Crippen LogP contribution >= 0.6 is 0 Å². The number of hydrogen-bond donors (Lipinski definition) is 1. The van der Waals surface area contributed by atoms with Crippen LogP contribution in [0.25, 0.3) is 0 Å². The highest BCUT2D eigenvalue weighted by molar-refractivity contribution is 5.42. The lowest BCUT2D eigenvalue weighted by Gasteiger charge is -2.23. The molecule has 1 aromatic rings. The first kappa shape index (κ1) is 14.8. The number of hydrogen-bond acceptors (Lipinski definition) is 4. The van der Waals surface area contributed by atoms with Crippen LogP contribution in [0.2, 0.25) is 0 Å². The van der Waals surface area contributed by atoms with Crippen LogP contribution in [0.4, 0.5) is 0 Å². The van der Waals surface area contributed by atoms with Crippen LogP contribution in [-0.2, 0) is 15.9 Å². The highest BCUT2D eigenvalue weighted by atomic mass is 16.5. The van der Waals surface area contributed by atoms with E-state index in [0.29, 0.717) is 5.92 Å². The van der Waals surface area contributed by atoms with Crippen LogP contribution in [0.3, 0.4) is 0 Å². The van der Waals surface area contributed by atoms with E-state index in [4.69, 9.17) is 14.2 Å². The number of likely N-dealkylation sites (N-methyl/N-ethyl adjacent to an activating group) is 1. The lowest BCUT2D eigenvalue weighted by Crippen LogP contribution is -2.32. The van der Waals surface area contributed by atoms with Crippen LogP contribution < -0.4 is 10.1 Å². The highest BCUT2D eigenvalue weighted by Gasteiger charge is 2.33. The van der Waals surface area contributed by atoms with Crippen LogP contribution in [0, 0.1) is 5.92 Å². The molecule has 4 nitrogen and oxygen atoms in total. The van der Waals surface area contributed by atoms with Gasteiger partial charge in [-0.1, -0.05) is 13.0 Å². The summed E-state index contributed by atoms with van der Waals surface area (Å²) in [5, 5.41) is 3.57. The molecule has 0 bridgehead atoms. The first-order chi connectivity index (χ1) is 10.3. The summed E-state index contributed by atoms with van der Waals surface area (Å²) in [6, 6.07) is 6.61. The van der Waals surface area contributed by atoms with Crippen LogP contribution in [-0.4, -0.2) is 39.6 Å². The van der Waals surface area contributed by atoms with Gasteiger partial charge in [-0.15, -0.1) is 0 Å². The topological polar surface area (TPSA) is 39.7 Å². The van der Waals surface area contributed by atoms with Gasteiger partial charge in [-0.05, 0) is 36.2 Å². The van der Waals surface area contributed by atoms with E-state index >= 15 is 0 Å². The maximum atomic E-state index is 6.22. The maximum Gasteiger partial charge on any atom is 0.119 e. The lowest BCUT2D eigenvalue weighted by atomic mass is 10.1. The second-order valence-electron chi connectivity index (χ2n) is 5.91. The molecule has 1 saturated heterocycles. The number of rotatable bonds is 6. The molecule has 4 heteroatoms. The van der Waals surface area contributed by atoms with Crippen molar-refractivity contribution in [2.75, 3.05) is 33.5 Å². The fourth-order valence-electron chi connectivity index (χ4n) is 3.30. The minimum atomic E-state index is 0.215. The Morgan fingerprint density at radius 2 is 2.29 bits per heavy atom. The highest BCUT2D eigenvalue weighted by Crippen LogP contribution is 2.36. The van der Waals surface area contributed by atoms with E-state index in [2.05, 4.69) is 24.4 Å². The van der Waals surface area contributed by atoms with Crippen molar-refractivity contribution >= 4 is 0 Å². The summed E-state index contributed by atoms with van der Waals surface area (Å²) < 4.78 is 17.0. The van der Waals surface area contributed by atoms with Gasteiger partial charge in [0.15, 0.2) is 0 Å².